The van der Waals surface area contributed by atoms with Gasteiger partial charge < -0.3 is 10.0 Å². The fourth-order valence-corrected chi connectivity index (χ4v) is 1.95. The molecule has 15 heavy (non-hydrogen) atoms. The maximum atomic E-state index is 12.4. The van der Waals surface area contributed by atoms with Gasteiger partial charge in [0.15, 0.2) is 0 Å². The monoisotopic (exact) mass is 210 g/mol. The van der Waals surface area contributed by atoms with E-state index in [0.29, 0.717) is 5.56 Å². The molecular formula is C11H15FN2O. The summed E-state index contributed by atoms with van der Waals surface area (Å²) in [5.41, 5.74) is 0.599. The average molecular weight is 210 g/mol. The lowest BCUT2D eigenvalue weighted by Gasteiger charge is -2.21. The van der Waals surface area contributed by atoms with Crippen LogP contribution in [0.25, 0.3) is 0 Å². The van der Waals surface area contributed by atoms with Crippen LogP contribution < -0.4 is 4.90 Å². The topological polar surface area (TPSA) is 36.4 Å². The fourth-order valence-electron chi connectivity index (χ4n) is 1.95. The molecule has 0 radical (unpaired) electrons. The predicted molar refractivity (Wildman–Crippen MR) is 56.6 cm³/mol. The van der Waals surface area contributed by atoms with E-state index in [1.807, 2.05) is 0 Å². The Labute approximate surface area is 88.6 Å². The first-order valence-corrected chi connectivity index (χ1v) is 5.27. The molecule has 2 heterocycles. The molecule has 1 aromatic heterocycles. The molecule has 4 heteroatoms. The van der Waals surface area contributed by atoms with Gasteiger partial charge in [0.2, 0.25) is 0 Å². The van der Waals surface area contributed by atoms with Crippen molar-refractivity contribution in [3.63, 3.8) is 0 Å². The van der Waals surface area contributed by atoms with Gasteiger partial charge in [0.1, 0.15) is 18.6 Å². The lowest BCUT2D eigenvalue weighted by Crippen LogP contribution is -2.21. The normalized spacial score (nSPS) is 18.1. The molecule has 0 bridgehead atoms. The number of aliphatic hydroxyl groups is 1. The summed E-state index contributed by atoms with van der Waals surface area (Å²) >= 11 is 0. The quantitative estimate of drug-likeness (QED) is 0.824. The molecule has 1 unspecified atom stereocenters. The number of hydrogen-bond acceptors (Lipinski definition) is 3. The van der Waals surface area contributed by atoms with Crippen LogP contribution in [-0.4, -0.2) is 29.9 Å². The van der Waals surface area contributed by atoms with Crippen molar-refractivity contribution in [1.29, 1.82) is 0 Å². The van der Waals surface area contributed by atoms with Gasteiger partial charge in [-0.05, 0) is 18.9 Å². The van der Waals surface area contributed by atoms with Gasteiger partial charge in [-0.1, -0.05) is 6.07 Å². The van der Waals surface area contributed by atoms with E-state index in [2.05, 4.69) is 9.88 Å². The highest BCUT2D eigenvalue weighted by molar-refractivity contribution is 5.48. The van der Waals surface area contributed by atoms with Crippen LogP contribution in [0.4, 0.5) is 10.2 Å². The molecule has 1 saturated heterocycles. The minimum atomic E-state index is -1.05. The number of nitrogens with zero attached hydrogens (tertiary/aromatic N) is 2. The van der Waals surface area contributed by atoms with E-state index in [1.165, 1.54) is 0 Å². The standard InChI is InChI=1S/C11H15FN2O/c12-8-10(15)9-4-3-5-13-11(9)14-6-1-2-7-14/h3-5,10,15H,1-2,6-8H2. The van der Waals surface area contributed by atoms with Crippen molar-refractivity contribution in [2.45, 2.75) is 18.9 Å². The molecule has 1 N–H and O–H groups in total. The molecule has 0 aliphatic carbocycles. The minimum Gasteiger partial charge on any atom is -0.386 e. The van der Waals surface area contributed by atoms with E-state index in [-0.39, 0.29) is 0 Å². The van der Waals surface area contributed by atoms with Gasteiger partial charge in [-0.25, -0.2) is 9.37 Å². The fraction of sp³-hybridized carbons (Fsp3) is 0.545. The van der Waals surface area contributed by atoms with E-state index < -0.39 is 12.8 Å². The summed E-state index contributed by atoms with van der Waals surface area (Å²) in [6, 6.07) is 3.47. The molecule has 3 nitrogen and oxygen atoms in total. The second-order valence-electron chi connectivity index (χ2n) is 3.78. The first kappa shape index (κ1) is 10.4. The highest BCUT2D eigenvalue weighted by atomic mass is 19.1. The lowest BCUT2D eigenvalue weighted by atomic mass is 10.1. The number of aromatic nitrogens is 1. The molecular weight excluding hydrogens is 195 g/mol. The maximum absolute atomic E-state index is 12.4. The van der Waals surface area contributed by atoms with Crippen LogP contribution in [0.2, 0.25) is 0 Å². The molecule has 0 saturated carbocycles. The smallest absolute Gasteiger partial charge is 0.134 e. The van der Waals surface area contributed by atoms with Crippen molar-refractivity contribution in [3.8, 4) is 0 Å². The van der Waals surface area contributed by atoms with Crippen molar-refractivity contribution in [1.82, 2.24) is 4.98 Å². The Balaban J connectivity index is 2.28. The maximum Gasteiger partial charge on any atom is 0.134 e. The zero-order valence-corrected chi connectivity index (χ0v) is 8.56. The number of aliphatic hydroxyl groups excluding tert-OH is 1. The van der Waals surface area contributed by atoms with Crippen LogP contribution in [0.15, 0.2) is 18.3 Å². The average Bonchev–Trinajstić information content (AvgIpc) is 2.81. The lowest BCUT2D eigenvalue weighted by molar-refractivity contribution is 0.142. The zero-order valence-electron chi connectivity index (χ0n) is 8.56. The van der Waals surface area contributed by atoms with Crippen LogP contribution in [0.1, 0.15) is 24.5 Å². The largest absolute Gasteiger partial charge is 0.386 e. The highest BCUT2D eigenvalue weighted by Crippen LogP contribution is 2.26. The number of alkyl halides is 1. The molecule has 0 aromatic carbocycles. The highest BCUT2D eigenvalue weighted by Gasteiger charge is 2.20. The molecule has 1 aromatic rings. The van der Waals surface area contributed by atoms with Gasteiger partial charge in [-0.15, -0.1) is 0 Å². The Morgan fingerprint density at radius 3 is 2.87 bits per heavy atom. The van der Waals surface area contributed by atoms with E-state index in [1.54, 1.807) is 18.3 Å². The van der Waals surface area contributed by atoms with Crippen molar-refractivity contribution in [2.24, 2.45) is 0 Å². The Kier molecular flexibility index (Phi) is 3.16. The number of anilines is 1. The van der Waals surface area contributed by atoms with Crippen molar-refractivity contribution in [2.75, 3.05) is 24.7 Å². The minimum absolute atomic E-state index is 0.599. The second-order valence-corrected chi connectivity index (χ2v) is 3.78. The first-order valence-electron chi connectivity index (χ1n) is 5.27. The number of pyridine rings is 1. The molecule has 0 amide bonds. The summed E-state index contributed by atoms with van der Waals surface area (Å²) in [6.45, 7) is 1.14. The number of rotatable bonds is 3. The summed E-state index contributed by atoms with van der Waals surface area (Å²) in [6.07, 6.45) is 2.92. The third-order valence-electron chi connectivity index (χ3n) is 2.73. The third-order valence-corrected chi connectivity index (χ3v) is 2.73. The van der Waals surface area contributed by atoms with E-state index in [9.17, 15) is 9.50 Å². The molecule has 0 spiro atoms. The molecule has 1 aliphatic heterocycles. The predicted octanol–water partition coefficient (Wildman–Crippen LogP) is 1.68. The Hall–Kier alpha value is -1.16. The van der Waals surface area contributed by atoms with Gasteiger partial charge in [-0.2, -0.15) is 0 Å². The van der Waals surface area contributed by atoms with Crippen LogP contribution >= 0.6 is 0 Å². The van der Waals surface area contributed by atoms with Crippen molar-refractivity contribution < 1.29 is 9.50 Å². The van der Waals surface area contributed by atoms with Crippen LogP contribution in [0.5, 0.6) is 0 Å². The third kappa shape index (κ3) is 2.09. The summed E-state index contributed by atoms with van der Waals surface area (Å²) in [7, 11) is 0. The van der Waals surface area contributed by atoms with Crippen molar-refractivity contribution >= 4 is 5.82 Å². The number of hydrogen-bond donors (Lipinski definition) is 1. The molecule has 2 rings (SSSR count). The van der Waals surface area contributed by atoms with E-state index >= 15 is 0 Å². The Morgan fingerprint density at radius 1 is 1.47 bits per heavy atom. The van der Waals surface area contributed by atoms with Crippen LogP contribution in [0, 0.1) is 0 Å². The van der Waals surface area contributed by atoms with Gasteiger partial charge in [-0.3, -0.25) is 0 Å². The molecule has 82 valence electrons. The SMILES string of the molecule is OC(CF)c1cccnc1N1CCCC1. The first-order chi connectivity index (χ1) is 7.33. The van der Waals surface area contributed by atoms with E-state index in [4.69, 9.17) is 0 Å². The molecule has 1 aliphatic rings. The van der Waals surface area contributed by atoms with Crippen LogP contribution in [-0.2, 0) is 0 Å². The zero-order chi connectivity index (χ0) is 10.7. The molecule has 1 fully saturated rings. The van der Waals surface area contributed by atoms with Gasteiger partial charge >= 0.3 is 0 Å². The van der Waals surface area contributed by atoms with Gasteiger partial charge in [0, 0.05) is 24.8 Å². The molecule has 1 atom stereocenters. The van der Waals surface area contributed by atoms with E-state index in [0.717, 1.165) is 31.7 Å². The van der Waals surface area contributed by atoms with Gasteiger partial charge in [0.25, 0.3) is 0 Å². The second kappa shape index (κ2) is 4.57. The van der Waals surface area contributed by atoms with Crippen LogP contribution in [0.3, 0.4) is 0 Å². The number of halogens is 1. The van der Waals surface area contributed by atoms with Crippen molar-refractivity contribution in [3.05, 3.63) is 23.9 Å². The summed E-state index contributed by atoms with van der Waals surface area (Å²) < 4.78 is 12.4. The summed E-state index contributed by atoms with van der Waals surface area (Å²) in [5.74, 6) is 0.736. The van der Waals surface area contributed by atoms with Gasteiger partial charge in [0.05, 0.1) is 0 Å². The summed E-state index contributed by atoms with van der Waals surface area (Å²) in [5, 5.41) is 9.53. The Morgan fingerprint density at radius 2 is 2.20 bits per heavy atom. The Bertz CT molecular complexity index is 326. The summed E-state index contributed by atoms with van der Waals surface area (Å²) in [4.78, 5) is 6.33.